The molecule has 0 spiro atoms. The summed E-state index contributed by atoms with van der Waals surface area (Å²) in [7, 11) is -3.00. The Morgan fingerprint density at radius 3 is 2.55 bits per heavy atom. The maximum Gasteiger partial charge on any atom is 0.410 e. The molecule has 6 nitrogen and oxygen atoms in total. The largest absolute Gasteiger partial charge is 0.444 e. The summed E-state index contributed by atoms with van der Waals surface area (Å²) in [6.07, 6.45) is 3.92. The quantitative estimate of drug-likeness (QED) is 0.830. The van der Waals surface area contributed by atoms with Crippen molar-refractivity contribution in [3.05, 3.63) is 0 Å². The molecule has 1 rings (SSSR count). The van der Waals surface area contributed by atoms with Crippen LogP contribution in [0.2, 0.25) is 0 Å². The molecule has 2 atom stereocenters. The molecule has 1 fully saturated rings. The van der Waals surface area contributed by atoms with E-state index in [-0.39, 0.29) is 23.9 Å². The fraction of sp³-hybridized carbons (Fsp3) is 0.933. The van der Waals surface area contributed by atoms with Gasteiger partial charge in [-0.05, 0) is 47.0 Å². The predicted octanol–water partition coefficient (Wildman–Crippen LogP) is 1.80. The minimum absolute atomic E-state index is 0.0608. The summed E-state index contributed by atoms with van der Waals surface area (Å²) in [5, 5.41) is 3.23. The summed E-state index contributed by atoms with van der Waals surface area (Å²) in [5.41, 5.74) is -0.504. The first-order valence-electron chi connectivity index (χ1n) is 7.88. The molecular formula is C15H30N2O4S. The number of likely N-dealkylation sites (tertiary alicyclic amines) is 1. The van der Waals surface area contributed by atoms with Crippen molar-refractivity contribution in [2.45, 2.75) is 64.6 Å². The van der Waals surface area contributed by atoms with Gasteiger partial charge in [0.2, 0.25) is 0 Å². The van der Waals surface area contributed by atoms with Crippen molar-refractivity contribution in [1.82, 2.24) is 10.2 Å². The highest BCUT2D eigenvalue weighted by atomic mass is 32.2. The van der Waals surface area contributed by atoms with Crippen molar-refractivity contribution < 1.29 is 17.9 Å². The van der Waals surface area contributed by atoms with E-state index in [0.717, 1.165) is 19.3 Å². The number of amides is 1. The minimum Gasteiger partial charge on any atom is -0.444 e. The molecule has 1 amide bonds. The standard InChI is InChI=1S/C15H30N2O4S/c1-12(11-22(5,19)20)16-10-13-8-6-7-9-17(13)14(18)21-15(2,3)4/h12-13,16H,6-11H2,1-5H3. The summed E-state index contributed by atoms with van der Waals surface area (Å²) in [5.74, 6) is 0.103. The Hall–Kier alpha value is -0.820. The molecule has 2 unspecified atom stereocenters. The lowest BCUT2D eigenvalue weighted by molar-refractivity contribution is 0.00975. The van der Waals surface area contributed by atoms with Gasteiger partial charge in [-0.1, -0.05) is 0 Å². The number of piperidine rings is 1. The van der Waals surface area contributed by atoms with Crippen molar-refractivity contribution in [2.75, 3.05) is 25.1 Å². The van der Waals surface area contributed by atoms with Gasteiger partial charge in [0, 0.05) is 31.4 Å². The van der Waals surface area contributed by atoms with Gasteiger partial charge in [0.1, 0.15) is 15.4 Å². The molecule has 0 aromatic heterocycles. The average molecular weight is 334 g/mol. The molecule has 130 valence electrons. The van der Waals surface area contributed by atoms with Crippen LogP contribution in [0, 0.1) is 0 Å². The molecule has 0 bridgehead atoms. The fourth-order valence-electron chi connectivity index (χ4n) is 2.62. The van der Waals surface area contributed by atoms with Crippen molar-refractivity contribution in [2.24, 2.45) is 0 Å². The number of hydrogen-bond donors (Lipinski definition) is 1. The van der Waals surface area contributed by atoms with E-state index in [1.807, 2.05) is 27.7 Å². The van der Waals surface area contributed by atoms with Gasteiger partial charge in [-0.2, -0.15) is 0 Å². The predicted molar refractivity (Wildman–Crippen MR) is 87.8 cm³/mol. The summed E-state index contributed by atoms with van der Waals surface area (Å²) >= 11 is 0. The molecule has 0 aromatic carbocycles. The van der Waals surface area contributed by atoms with Crippen molar-refractivity contribution in [3.63, 3.8) is 0 Å². The third-order valence-corrected chi connectivity index (χ3v) is 4.62. The third-order valence-electron chi connectivity index (χ3n) is 3.51. The van der Waals surface area contributed by atoms with Crippen molar-refractivity contribution in [3.8, 4) is 0 Å². The van der Waals surface area contributed by atoms with E-state index in [1.165, 1.54) is 6.26 Å². The van der Waals surface area contributed by atoms with Crippen molar-refractivity contribution >= 4 is 15.9 Å². The average Bonchev–Trinajstić information content (AvgIpc) is 2.32. The Bertz CT molecular complexity index is 470. The Morgan fingerprint density at radius 2 is 2.00 bits per heavy atom. The second-order valence-electron chi connectivity index (χ2n) is 7.23. The van der Waals surface area contributed by atoms with Crippen LogP contribution in [0.15, 0.2) is 0 Å². The van der Waals surface area contributed by atoms with Crippen LogP contribution in [0.3, 0.4) is 0 Å². The summed E-state index contributed by atoms with van der Waals surface area (Å²) in [4.78, 5) is 14.1. The molecule has 0 aromatic rings. The Balaban J connectivity index is 2.57. The van der Waals surface area contributed by atoms with Crippen LogP contribution in [0.25, 0.3) is 0 Å². The molecule has 1 aliphatic rings. The fourth-order valence-corrected chi connectivity index (χ4v) is 3.65. The lowest BCUT2D eigenvalue weighted by atomic mass is 10.0. The van der Waals surface area contributed by atoms with E-state index in [4.69, 9.17) is 4.74 Å². The minimum atomic E-state index is -3.00. The molecule has 1 saturated heterocycles. The first-order valence-corrected chi connectivity index (χ1v) is 9.95. The maximum absolute atomic E-state index is 12.3. The van der Waals surface area contributed by atoms with Crippen LogP contribution in [0.1, 0.15) is 47.0 Å². The highest BCUT2D eigenvalue weighted by Crippen LogP contribution is 2.20. The Morgan fingerprint density at radius 1 is 1.36 bits per heavy atom. The van der Waals surface area contributed by atoms with Gasteiger partial charge in [0.25, 0.3) is 0 Å². The first-order chi connectivity index (χ1) is 9.98. The maximum atomic E-state index is 12.3. The molecule has 1 heterocycles. The molecule has 7 heteroatoms. The Kier molecular flexibility index (Phi) is 6.67. The third kappa shape index (κ3) is 7.45. The van der Waals surface area contributed by atoms with E-state index in [9.17, 15) is 13.2 Å². The summed E-state index contributed by atoms with van der Waals surface area (Å²) in [6, 6.07) is -0.0666. The van der Waals surface area contributed by atoms with Gasteiger partial charge in [-0.3, -0.25) is 0 Å². The van der Waals surface area contributed by atoms with Gasteiger partial charge < -0.3 is 15.0 Å². The summed E-state index contributed by atoms with van der Waals surface area (Å²) < 4.78 is 28.1. The SMILES string of the molecule is CC(CS(C)(=O)=O)NCC1CCCCN1C(=O)OC(C)(C)C. The zero-order valence-corrected chi connectivity index (χ0v) is 15.2. The molecule has 22 heavy (non-hydrogen) atoms. The highest BCUT2D eigenvalue weighted by Gasteiger charge is 2.30. The molecule has 1 N–H and O–H groups in total. The number of sulfone groups is 1. The second kappa shape index (κ2) is 7.64. The van der Waals surface area contributed by atoms with Crippen LogP contribution in [-0.4, -0.2) is 62.2 Å². The number of ether oxygens (including phenoxy) is 1. The molecular weight excluding hydrogens is 304 g/mol. The number of carbonyl (C=O) groups is 1. The van der Waals surface area contributed by atoms with Crippen LogP contribution < -0.4 is 5.32 Å². The van der Waals surface area contributed by atoms with E-state index < -0.39 is 15.4 Å². The monoisotopic (exact) mass is 334 g/mol. The van der Waals surface area contributed by atoms with Crippen LogP contribution in [0.5, 0.6) is 0 Å². The van der Waals surface area contributed by atoms with Gasteiger partial charge in [-0.15, -0.1) is 0 Å². The second-order valence-corrected chi connectivity index (χ2v) is 9.41. The zero-order valence-electron chi connectivity index (χ0n) is 14.4. The van der Waals surface area contributed by atoms with Crippen molar-refractivity contribution in [1.29, 1.82) is 0 Å². The highest BCUT2D eigenvalue weighted by molar-refractivity contribution is 7.90. The smallest absolute Gasteiger partial charge is 0.410 e. The number of nitrogens with zero attached hydrogens (tertiary/aromatic N) is 1. The summed E-state index contributed by atoms with van der Waals surface area (Å²) in [6.45, 7) is 8.71. The molecule has 0 aliphatic carbocycles. The lowest BCUT2D eigenvalue weighted by Gasteiger charge is -2.37. The number of nitrogens with one attached hydrogen (secondary N) is 1. The van der Waals surface area contributed by atoms with E-state index in [1.54, 1.807) is 4.90 Å². The number of rotatable bonds is 5. The molecule has 0 radical (unpaired) electrons. The molecule has 1 aliphatic heterocycles. The molecule has 0 saturated carbocycles. The topological polar surface area (TPSA) is 75.7 Å². The zero-order chi connectivity index (χ0) is 17.0. The van der Waals surface area contributed by atoms with E-state index in [2.05, 4.69) is 5.32 Å². The lowest BCUT2D eigenvalue weighted by Crippen LogP contribution is -2.51. The van der Waals surface area contributed by atoms with Gasteiger partial charge in [0.15, 0.2) is 0 Å². The Labute approximate surface area is 134 Å². The normalized spacial score (nSPS) is 21.5. The first kappa shape index (κ1) is 19.2. The number of hydrogen-bond acceptors (Lipinski definition) is 5. The van der Waals surface area contributed by atoms with Gasteiger partial charge >= 0.3 is 6.09 Å². The van der Waals surface area contributed by atoms with Gasteiger partial charge in [-0.25, -0.2) is 13.2 Å². The van der Waals surface area contributed by atoms with E-state index >= 15 is 0 Å². The van der Waals surface area contributed by atoms with Crippen LogP contribution in [0.4, 0.5) is 4.79 Å². The van der Waals surface area contributed by atoms with Gasteiger partial charge in [0.05, 0.1) is 5.75 Å². The van der Waals surface area contributed by atoms with Crippen LogP contribution >= 0.6 is 0 Å². The van der Waals surface area contributed by atoms with E-state index in [0.29, 0.717) is 13.1 Å². The van der Waals surface area contributed by atoms with Crippen LogP contribution in [-0.2, 0) is 14.6 Å². The number of carbonyl (C=O) groups excluding carboxylic acids is 1.